The third-order valence-electron chi connectivity index (χ3n) is 4.02. The van der Waals surface area contributed by atoms with Gasteiger partial charge in [0.15, 0.2) is 0 Å². The summed E-state index contributed by atoms with van der Waals surface area (Å²) in [6.07, 6.45) is 6.13. The van der Waals surface area contributed by atoms with Crippen LogP contribution in [0.15, 0.2) is 0 Å². The molecule has 1 aliphatic heterocycles. The smallest absolute Gasteiger partial charge is 0.222 e. The fourth-order valence-electron chi connectivity index (χ4n) is 2.23. The lowest BCUT2D eigenvalue weighted by Crippen LogP contribution is -2.41. The predicted octanol–water partition coefficient (Wildman–Crippen LogP) is 2.15. The average molecular weight is 226 g/mol. The van der Waals surface area contributed by atoms with E-state index in [9.17, 15) is 4.79 Å². The highest BCUT2D eigenvalue weighted by Crippen LogP contribution is 2.34. The second-order valence-electron chi connectivity index (χ2n) is 5.29. The molecule has 0 radical (unpaired) electrons. The second kappa shape index (κ2) is 6.24. The zero-order chi connectivity index (χ0) is 12.0. The Morgan fingerprint density at radius 3 is 2.44 bits per heavy atom. The molecule has 0 aliphatic carbocycles. The molecule has 0 aromatic heterocycles. The van der Waals surface area contributed by atoms with Gasteiger partial charge in [0.1, 0.15) is 0 Å². The molecule has 0 aromatic rings. The number of rotatable bonds is 5. The van der Waals surface area contributed by atoms with Crippen LogP contribution in [0.25, 0.3) is 0 Å². The summed E-state index contributed by atoms with van der Waals surface area (Å²) in [5, 5.41) is 0. The van der Waals surface area contributed by atoms with Crippen LogP contribution >= 0.6 is 0 Å². The van der Waals surface area contributed by atoms with Gasteiger partial charge in [-0.1, -0.05) is 20.3 Å². The van der Waals surface area contributed by atoms with Gasteiger partial charge in [0.25, 0.3) is 0 Å². The fourth-order valence-corrected chi connectivity index (χ4v) is 2.23. The first-order valence-electron chi connectivity index (χ1n) is 6.59. The van der Waals surface area contributed by atoms with Crippen molar-refractivity contribution < 1.29 is 4.79 Å². The number of carbonyl (C=O) groups is 1. The molecule has 1 amide bonds. The highest BCUT2D eigenvalue weighted by atomic mass is 16.2. The van der Waals surface area contributed by atoms with Crippen molar-refractivity contribution in [2.24, 2.45) is 11.1 Å². The Balaban J connectivity index is 2.27. The van der Waals surface area contributed by atoms with Gasteiger partial charge >= 0.3 is 0 Å². The van der Waals surface area contributed by atoms with Gasteiger partial charge in [-0.05, 0) is 37.6 Å². The van der Waals surface area contributed by atoms with Crippen molar-refractivity contribution >= 4 is 5.91 Å². The first kappa shape index (κ1) is 13.5. The van der Waals surface area contributed by atoms with E-state index >= 15 is 0 Å². The number of unbranched alkanes of at least 4 members (excludes halogenated alkanes) is 1. The fraction of sp³-hybridized carbons (Fsp3) is 0.923. The van der Waals surface area contributed by atoms with Gasteiger partial charge < -0.3 is 10.6 Å². The summed E-state index contributed by atoms with van der Waals surface area (Å²) in [4.78, 5) is 13.9. The molecule has 0 bridgehead atoms. The van der Waals surface area contributed by atoms with Gasteiger partial charge in [0.05, 0.1) is 0 Å². The SMILES string of the molecule is CCC1(C)CCN(C(=O)CCCCN)CC1. The average Bonchev–Trinajstić information content (AvgIpc) is 2.30. The summed E-state index contributed by atoms with van der Waals surface area (Å²) in [6, 6.07) is 0. The summed E-state index contributed by atoms with van der Waals surface area (Å²) in [5.41, 5.74) is 5.89. The first-order valence-corrected chi connectivity index (χ1v) is 6.59. The van der Waals surface area contributed by atoms with E-state index in [1.807, 2.05) is 4.90 Å². The minimum Gasteiger partial charge on any atom is -0.343 e. The van der Waals surface area contributed by atoms with Gasteiger partial charge in [0, 0.05) is 19.5 Å². The molecular weight excluding hydrogens is 200 g/mol. The van der Waals surface area contributed by atoms with Gasteiger partial charge in [0.2, 0.25) is 5.91 Å². The Bertz CT molecular complexity index is 220. The van der Waals surface area contributed by atoms with Crippen molar-refractivity contribution in [2.75, 3.05) is 19.6 Å². The largest absolute Gasteiger partial charge is 0.343 e. The lowest BCUT2D eigenvalue weighted by Gasteiger charge is -2.39. The van der Waals surface area contributed by atoms with E-state index in [0.29, 0.717) is 24.3 Å². The van der Waals surface area contributed by atoms with Crippen LogP contribution in [0, 0.1) is 5.41 Å². The number of nitrogens with zero attached hydrogens (tertiary/aromatic N) is 1. The summed E-state index contributed by atoms with van der Waals surface area (Å²) in [7, 11) is 0. The van der Waals surface area contributed by atoms with Crippen molar-refractivity contribution in [3.05, 3.63) is 0 Å². The molecule has 3 heteroatoms. The number of hydrogen-bond acceptors (Lipinski definition) is 2. The molecule has 0 unspecified atom stereocenters. The molecule has 2 N–H and O–H groups in total. The third-order valence-corrected chi connectivity index (χ3v) is 4.02. The molecule has 0 aromatic carbocycles. The Kier molecular flexibility index (Phi) is 5.26. The summed E-state index contributed by atoms with van der Waals surface area (Å²) in [5.74, 6) is 0.326. The molecule has 1 fully saturated rings. The number of hydrogen-bond donors (Lipinski definition) is 1. The van der Waals surface area contributed by atoms with Crippen LogP contribution in [-0.2, 0) is 4.79 Å². The van der Waals surface area contributed by atoms with Gasteiger partial charge in [-0.3, -0.25) is 4.79 Å². The van der Waals surface area contributed by atoms with E-state index in [4.69, 9.17) is 5.73 Å². The lowest BCUT2D eigenvalue weighted by atomic mass is 9.78. The topological polar surface area (TPSA) is 46.3 Å². The van der Waals surface area contributed by atoms with E-state index in [1.165, 1.54) is 6.42 Å². The maximum absolute atomic E-state index is 11.9. The molecule has 3 nitrogen and oxygen atoms in total. The van der Waals surface area contributed by atoms with Crippen molar-refractivity contribution in [3.63, 3.8) is 0 Å². The molecule has 94 valence electrons. The second-order valence-corrected chi connectivity index (χ2v) is 5.29. The molecule has 0 atom stereocenters. The lowest BCUT2D eigenvalue weighted by molar-refractivity contribution is -0.133. The zero-order valence-corrected chi connectivity index (χ0v) is 10.8. The number of likely N-dealkylation sites (tertiary alicyclic amines) is 1. The standard InChI is InChI=1S/C13H26N2O/c1-3-13(2)7-10-15(11-8-13)12(16)6-4-5-9-14/h3-11,14H2,1-2H3. The van der Waals surface area contributed by atoms with Crippen LogP contribution in [0.3, 0.4) is 0 Å². The summed E-state index contributed by atoms with van der Waals surface area (Å²) < 4.78 is 0. The molecule has 0 saturated carbocycles. The maximum atomic E-state index is 11.9. The van der Waals surface area contributed by atoms with Crippen LogP contribution in [0.4, 0.5) is 0 Å². The molecule has 0 spiro atoms. The van der Waals surface area contributed by atoms with Crippen LogP contribution in [0.2, 0.25) is 0 Å². The van der Waals surface area contributed by atoms with Crippen molar-refractivity contribution in [1.29, 1.82) is 0 Å². The van der Waals surface area contributed by atoms with E-state index in [2.05, 4.69) is 13.8 Å². The van der Waals surface area contributed by atoms with Crippen LogP contribution in [0.1, 0.15) is 52.4 Å². The minimum atomic E-state index is 0.326. The van der Waals surface area contributed by atoms with Crippen LogP contribution in [0.5, 0.6) is 0 Å². The Hall–Kier alpha value is -0.570. The first-order chi connectivity index (χ1) is 7.61. The number of nitrogens with two attached hydrogens (primary N) is 1. The van der Waals surface area contributed by atoms with E-state index in [1.54, 1.807) is 0 Å². The minimum absolute atomic E-state index is 0.326. The van der Waals surface area contributed by atoms with E-state index in [-0.39, 0.29) is 0 Å². The molecule has 1 aliphatic rings. The number of amides is 1. The monoisotopic (exact) mass is 226 g/mol. The van der Waals surface area contributed by atoms with Crippen molar-refractivity contribution in [2.45, 2.75) is 52.4 Å². The van der Waals surface area contributed by atoms with Gasteiger partial charge in [-0.15, -0.1) is 0 Å². The zero-order valence-electron chi connectivity index (χ0n) is 10.8. The van der Waals surface area contributed by atoms with Crippen molar-refractivity contribution in [1.82, 2.24) is 4.90 Å². The molecule has 1 heterocycles. The van der Waals surface area contributed by atoms with Crippen molar-refractivity contribution in [3.8, 4) is 0 Å². The molecule has 16 heavy (non-hydrogen) atoms. The molecule has 1 saturated heterocycles. The Morgan fingerprint density at radius 2 is 1.94 bits per heavy atom. The highest BCUT2D eigenvalue weighted by molar-refractivity contribution is 5.76. The summed E-state index contributed by atoms with van der Waals surface area (Å²) in [6.45, 7) is 7.18. The Labute approximate surface area is 99.4 Å². The van der Waals surface area contributed by atoms with Gasteiger partial charge in [-0.25, -0.2) is 0 Å². The number of piperidine rings is 1. The normalized spacial score (nSPS) is 19.8. The highest BCUT2D eigenvalue weighted by Gasteiger charge is 2.29. The molecule has 1 rings (SSSR count). The Morgan fingerprint density at radius 1 is 1.31 bits per heavy atom. The van der Waals surface area contributed by atoms with E-state index < -0.39 is 0 Å². The third kappa shape index (κ3) is 3.78. The molecular formula is C13H26N2O. The maximum Gasteiger partial charge on any atom is 0.222 e. The van der Waals surface area contributed by atoms with Gasteiger partial charge in [-0.2, -0.15) is 0 Å². The van der Waals surface area contributed by atoms with E-state index in [0.717, 1.165) is 38.8 Å². The number of carbonyl (C=O) groups excluding carboxylic acids is 1. The quantitative estimate of drug-likeness (QED) is 0.730. The van der Waals surface area contributed by atoms with Crippen LogP contribution in [-0.4, -0.2) is 30.4 Å². The predicted molar refractivity (Wildman–Crippen MR) is 67.1 cm³/mol. The summed E-state index contributed by atoms with van der Waals surface area (Å²) >= 11 is 0. The van der Waals surface area contributed by atoms with Crippen LogP contribution < -0.4 is 5.73 Å².